The van der Waals surface area contributed by atoms with E-state index in [1.165, 1.54) is 13.2 Å². The third kappa shape index (κ3) is 6.89. The summed E-state index contributed by atoms with van der Waals surface area (Å²) in [7, 11) is 1.45. The quantitative estimate of drug-likeness (QED) is 0.380. The molecular formula is C30H33F3N6O4. The standard InChI is InChI=1S/C30H33F3N6O4/c1-43-20-29(28(42)36-22-5-8-25(40)24(17-22)30(31,32)33)9-12-37(19-29)18-26(41)39-15-13-38(14-16-39)23-6-3-21(4-7-23)27-34-10-2-11-35-27/h2-8,10-11,17,40H,9,12-16,18-20H2,1H3,(H,36,42). The summed E-state index contributed by atoms with van der Waals surface area (Å²) in [4.78, 5) is 41.0. The fourth-order valence-electron chi connectivity index (χ4n) is 5.62. The molecule has 2 saturated heterocycles. The zero-order chi connectivity index (χ0) is 30.6. The van der Waals surface area contributed by atoms with Crippen LogP contribution in [0.1, 0.15) is 12.0 Å². The molecule has 228 valence electrons. The van der Waals surface area contributed by atoms with Gasteiger partial charge in [-0.15, -0.1) is 0 Å². The first-order chi connectivity index (χ1) is 20.6. The number of aromatic nitrogens is 2. The highest BCUT2D eigenvalue weighted by atomic mass is 19.4. The molecule has 43 heavy (non-hydrogen) atoms. The Morgan fingerprint density at radius 2 is 1.72 bits per heavy atom. The molecule has 3 heterocycles. The molecule has 2 aromatic carbocycles. The first kappa shape index (κ1) is 30.2. The van der Waals surface area contributed by atoms with Crippen molar-refractivity contribution >= 4 is 23.2 Å². The van der Waals surface area contributed by atoms with Gasteiger partial charge in [0.25, 0.3) is 0 Å². The largest absolute Gasteiger partial charge is 0.507 e. The molecule has 0 bridgehead atoms. The van der Waals surface area contributed by atoms with Crippen molar-refractivity contribution in [2.75, 3.05) is 69.7 Å². The van der Waals surface area contributed by atoms with Gasteiger partial charge in [-0.3, -0.25) is 14.5 Å². The number of likely N-dealkylation sites (tertiary alicyclic amines) is 1. The SMILES string of the molecule is COCC1(C(=O)Nc2ccc(O)c(C(F)(F)F)c2)CCN(CC(=O)N2CCN(c3ccc(-c4ncccn4)cc3)CC2)C1. The van der Waals surface area contributed by atoms with E-state index in [1.807, 2.05) is 34.1 Å². The van der Waals surface area contributed by atoms with Crippen LogP contribution in [0.4, 0.5) is 24.5 Å². The molecule has 2 N–H and O–H groups in total. The lowest BCUT2D eigenvalue weighted by molar-refractivity contribution is -0.138. The minimum absolute atomic E-state index is 0.0433. The Kier molecular flexibility index (Phi) is 8.83. The lowest BCUT2D eigenvalue weighted by Crippen LogP contribution is -2.51. The van der Waals surface area contributed by atoms with Gasteiger partial charge in [-0.1, -0.05) is 0 Å². The van der Waals surface area contributed by atoms with Gasteiger partial charge in [0, 0.05) is 69.2 Å². The highest BCUT2D eigenvalue weighted by molar-refractivity contribution is 5.96. The van der Waals surface area contributed by atoms with Crippen molar-refractivity contribution in [3.8, 4) is 17.1 Å². The van der Waals surface area contributed by atoms with Crippen molar-refractivity contribution in [3.63, 3.8) is 0 Å². The van der Waals surface area contributed by atoms with E-state index in [9.17, 15) is 27.9 Å². The molecule has 3 aromatic rings. The van der Waals surface area contributed by atoms with Crippen LogP contribution in [0.25, 0.3) is 11.4 Å². The van der Waals surface area contributed by atoms with E-state index in [-0.39, 0.29) is 31.3 Å². The number of carbonyl (C=O) groups excluding carboxylic acids is 2. The number of nitrogens with one attached hydrogen (secondary N) is 1. The number of alkyl halides is 3. The summed E-state index contributed by atoms with van der Waals surface area (Å²) in [5.74, 6) is -0.798. The van der Waals surface area contributed by atoms with Crippen molar-refractivity contribution in [1.29, 1.82) is 0 Å². The van der Waals surface area contributed by atoms with Crippen LogP contribution in [-0.2, 0) is 20.5 Å². The molecule has 2 amide bonds. The monoisotopic (exact) mass is 598 g/mol. The van der Waals surface area contributed by atoms with E-state index in [4.69, 9.17) is 4.74 Å². The molecule has 2 aliphatic heterocycles. The molecule has 0 spiro atoms. The fourth-order valence-corrected chi connectivity index (χ4v) is 5.62. The summed E-state index contributed by atoms with van der Waals surface area (Å²) in [5.41, 5.74) is -0.375. The summed E-state index contributed by atoms with van der Waals surface area (Å²) in [6.45, 7) is 3.32. The molecule has 0 saturated carbocycles. The average Bonchev–Trinajstić information content (AvgIpc) is 3.42. The number of phenolic OH excluding ortho intramolecular Hbond substituents is 1. The van der Waals surface area contributed by atoms with Gasteiger partial charge in [0.1, 0.15) is 5.75 Å². The lowest BCUT2D eigenvalue weighted by atomic mass is 9.86. The minimum Gasteiger partial charge on any atom is -0.507 e. The Morgan fingerprint density at radius 1 is 1.02 bits per heavy atom. The number of carbonyl (C=O) groups is 2. The van der Waals surface area contributed by atoms with E-state index >= 15 is 0 Å². The van der Waals surface area contributed by atoms with Crippen molar-refractivity contribution in [1.82, 2.24) is 19.8 Å². The second-order valence-corrected chi connectivity index (χ2v) is 10.8. The first-order valence-electron chi connectivity index (χ1n) is 13.9. The van der Waals surface area contributed by atoms with E-state index in [0.717, 1.165) is 17.3 Å². The minimum atomic E-state index is -4.77. The number of phenols is 1. The van der Waals surface area contributed by atoms with E-state index in [1.54, 1.807) is 18.5 Å². The number of aromatic hydroxyl groups is 1. The van der Waals surface area contributed by atoms with Gasteiger partial charge in [-0.25, -0.2) is 9.97 Å². The van der Waals surface area contributed by atoms with Crippen LogP contribution in [0, 0.1) is 5.41 Å². The van der Waals surface area contributed by atoms with Gasteiger partial charge in [0.2, 0.25) is 11.8 Å². The molecule has 13 heteroatoms. The van der Waals surface area contributed by atoms with E-state index in [2.05, 4.69) is 20.2 Å². The Labute approximate surface area is 247 Å². The number of anilines is 2. The third-order valence-corrected chi connectivity index (χ3v) is 7.94. The summed E-state index contributed by atoms with van der Waals surface area (Å²) < 4.78 is 45.0. The highest BCUT2D eigenvalue weighted by Gasteiger charge is 2.45. The zero-order valence-electron chi connectivity index (χ0n) is 23.7. The van der Waals surface area contributed by atoms with Gasteiger partial charge in [0.05, 0.1) is 24.1 Å². The predicted molar refractivity (Wildman–Crippen MR) is 153 cm³/mol. The summed E-state index contributed by atoms with van der Waals surface area (Å²) in [5, 5.41) is 12.2. The number of rotatable bonds is 8. The number of nitrogens with zero attached hydrogens (tertiary/aromatic N) is 5. The van der Waals surface area contributed by atoms with Crippen LogP contribution in [0.2, 0.25) is 0 Å². The van der Waals surface area contributed by atoms with Gasteiger partial charge < -0.3 is 25.0 Å². The molecule has 1 unspecified atom stereocenters. The number of ether oxygens (including phenoxy) is 1. The number of hydrogen-bond donors (Lipinski definition) is 2. The topological polar surface area (TPSA) is 111 Å². The van der Waals surface area contributed by atoms with Gasteiger partial charge in [-0.05, 0) is 61.5 Å². The number of amides is 2. The summed E-state index contributed by atoms with van der Waals surface area (Å²) in [6, 6.07) is 12.6. The molecule has 2 fully saturated rings. The molecule has 2 aliphatic rings. The van der Waals surface area contributed by atoms with Gasteiger partial charge in [0.15, 0.2) is 5.82 Å². The number of methoxy groups -OCH3 is 1. The number of benzene rings is 2. The number of piperazine rings is 1. The first-order valence-corrected chi connectivity index (χ1v) is 13.9. The Morgan fingerprint density at radius 3 is 2.37 bits per heavy atom. The molecule has 0 radical (unpaired) electrons. The second kappa shape index (κ2) is 12.6. The maximum atomic E-state index is 13.3. The molecule has 0 aliphatic carbocycles. The van der Waals surface area contributed by atoms with E-state index < -0.39 is 28.8 Å². The van der Waals surface area contributed by atoms with Crippen molar-refractivity contribution in [3.05, 3.63) is 66.5 Å². The van der Waals surface area contributed by atoms with Gasteiger partial charge >= 0.3 is 6.18 Å². The van der Waals surface area contributed by atoms with Crippen LogP contribution >= 0.6 is 0 Å². The van der Waals surface area contributed by atoms with Crippen LogP contribution in [0.15, 0.2) is 60.9 Å². The summed E-state index contributed by atoms with van der Waals surface area (Å²) in [6.07, 6.45) is -0.987. The lowest BCUT2D eigenvalue weighted by Gasteiger charge is -2.37. The van der Waals surface area contributed by atoms with Crippen molar-refractivity contribution < 1.29 is 32.6 Å². The third-order valence-electron chi connectivity index (χ3n) is 7.94. The summed E-state index contributed by atoms with van der Waals surface area (Å²) >= 11 is 0. The van der Waals surface area contributed by atoms with Gasteiger partial charge in [-0.2, -0.15) is 13.2 Å². The van der Waals surface area contributed by atoms with Crippen molar-refractivity contribution in [2.45, 2.75) is 12.6 Å². The number of hydrogen-bond acceptors (Lipinski definition) is 8. The maximum absolute atomic E-state index is 13.3. The van der Waals surface area contributed by atoms with Crippen molar-refractivity contribution in [2.24, 2.45) is 5.41 Å². The number of halogens is 3. The predicted octanol–water partition coefficient (Wildman–Crippen LogP) is 3.49. The molecule has 1 aromatic heterocycles. The van der Waals surface area contributed by atoms with Crippen LogP contribution < -0.4 is 10.2 Å². The van der Waals surface area contributed by atoms with E-state index in [0.29, 0.717) is 51.0 Å². The highest BCUT2D eigenvalue weighted by Crippen LogP contribution is 2.38. The Bertz CT molecular complexity index is 1430. The van der Waals surface area contributed by atoms with Crippen LogP contribution in [0.5, 0.6) is 5.75 Å². The molecular weight excluding hydrogens is 565 g/mol. The van der Waals surface area contributed by atoms with Crippen LogP contribution in [-0.4, -0.2) is 96.2 Å². The zero-order valence-corrected chi connectivity index (χ0v) is 23.7. The maximum Gasteiger partial charge on any atom is 0.420 e. The molecule has 1 atom stereocenters. The smallest absolute Gasteiger partial charge is 0.420 e. The Balaban J connectivity index is 1.15. The molecule has 10 nitrogen and oxygen atoms in total. The second-order valence-electron chi connectivity index (χ2n) is 10.8. The Hall–Kier alpha value is -4.23. The fraction of sp³-hybridized carbons (Fsp3) is 0.400. The normalized spacial score (nSPS) is 19.4. The van der Waals surface area contributed by atoms with Crippen LogP contribution in [0.3, 0.4) is 0 Å². The molecule has 5 rings (SSSR count). The average molecular weight is 599 g/mol.